The van der Waals surface area contributed by atoms with Crippen molar-refractivity contribution in [1.82, 2.24) is 0 Å². The summed E-state index contributed by atoms with van der Waals surface area (Å²) < 4.78 is 13.4. The number of hydrogen-bond acceptors (Lipinski definition) is 3. The maximum absolute atomic E-state index is 6.77. The molecule has 0 saturated heterocycles. The Balaban J connectivity index is 1.26. The maximum atomic E-state index is 6.77. The van der Waals surface area contributed by atoms with Gasteiger partial charge in [-0.1, -0.05) is 127 Å². The standard InChI is InChI=1S/C47H29NO2/c1-2-14-31(15-3-1)48(41-22-12-19-37-36-18-7-10-23-42(36)50-46(37)41)32-26-27-35-34-17-6-8-20-38(34)47(40(35)29-32)39-21-9-11-24-43(39)49-44-28-25-30-13-4-5-16-33(30)45(44)47/h1-29H. The molecule has 0 amide bonds. The first kappa shape index (κ1) is 27.4. The van der Waals surface area contributed by atoms with Gasteiger partial charge >= 0.3 is 0 Å². The number of benzene rings is 8. The van der Waals surface area contributed by atoms with Gasteiger partial charge in [0.2, 0.25) is 0 Å². The first-order valence-corrected chi connectivity index (χ1v) is 17.1. The predicted molar refractivity (Wildman–Crippen MR) is 203 cm³/mol. The van der Waals surface area contributed by atoms with Crippen molar-refractivity contribution >= 4 is 49.8 Å². The van der Waals surface area contributed by atoms with Gasteiger partial charge in [0.15, 0.2) is 5.58 Å². The average Bonchev–Trinajstić information content (AvgIpc) is 3.70. The molecule has 1 unspecified atom stereocenters. The Labute approximate surface area is 289 Å². The minimum Gasteiger partial charge on any atom is -0.457 e. The Morgan fingerprint density at radius 2 is 1.16 bits per heavy atom. The van der Waals surface area contributed by atoms with Gasteiger partial charge in [0.1, 0.15) is 17.1 Å². The summed E-state index contributed by atoms with van der Waals surface area (Å²) in [5, 5.41) is 4.60. The third-order valence-corrected chi connectivity index (χ3v) is 10.7. The van der Waals surface area contributed by atoms with Gasteiger partial charge in [0, 0.05) is 33.3 Å². The fourth-order valence-electron chi connectivity index (χ4n) is 8.72. The van der Waals surface area contributed by atoms with E-state index in [0.717, 1.165) is 56.1 Å². The van der Waals surface area contributed by atoms with Crippen LogP contribution >= 0.6 is 0 Å². The number of rotatable bonds is 3. The molecule has 50 heavy (non-hydrogen) atoms. The summed E-state index contributed by atoms with van der Waals surface area (Å²) in [5.41, 5.74) is 11.6. The van der Waals surface area contributed by atoms with E-state index in [2.05, 4.69) is 169 Å². The largest absolute Gasteiger partial charge is 0.457 e. The van der Waals surface area contributed by atoms with Gasteiger partial charge in [0.25, 0.3) is 0 Å². The van der Waals surface area contributed by atoms with E-state index in [4.69, 9.17) is 9.15 Å². The Morgan fingerprint density at radius 1 is 0.440 bits per heavy atom. The van der Waals surface area contributed by atoms with E-state index >= 15 is 0 Å². The lowest BCUT2D eigenvalue weighted by Gasteiger charge is -2.40. The van der Waals surface area contributed by atoms with E-state index in [1.165, 1.54) is 38.6 Å². The second-order valence-corrected chi connectivity index (χ2v) is 13.2. The fourth-order valence-corrected chi connectivity index (χ4v) is 8.72. The number of anilines is 3. The lowest BCUT2D eigenvalue weighted by molar-refractivity contribution is 0.438. The molecule has 1 aromatic heterocycles. The summed E-state index contributed by atoms with van der Waals surface area (Å²) in [7, 11) is 0. The number of hydrogen-bond donors (Lipinski definition) is 0. The van der Waals surface area contributed by atoms with Crippen LogP contribution in [0.2, 0.25) is 0 Å². The first-order valence-electron chi connectivity index (χ1n) is 17.1. The normalized spacial score (nSPS) is 15.4. The van der Waals surface area contributed by atoms with Crippen LogP contribution < -0.4 is 9.64 Å². The summed E-state index contributed by atoms with van der Waals surface area (Å²) in [5.74, 6) is 1.78. The average molecular weight is 640 g/mol. The van der Waals surface area contributed by atoms with Crippen molar-refractivity contribution < 1.29 is 9.15 Å². The molecule has 3 heteroatoms. The summed E-state index contributed by atoms with van der Waals surface area (Å²) in [6.07, 6.45) is 0. The summed E-state index contributed by atoms with van der Waals surface area (Å²) in [6.45, 7) is 0. The summed E-state index contributed by atoms with van der Waals surface area (Å²) in [6, 6.07) is 62.9. The maximum Gasteiger partial charge on any atom is 0.159 e. The first-order chi connectivity index (χ1) is 24.8. The molecule has 2 heterocycles. The van der Waals surface area contributed by atoms with Gasteiger partial charge in [-0.25, -0.2) is 0 Å². The Kier molecular flexibility index (Phi) is 5.59. The SMILES string of the molecule is c1ccc(N(c2ccc3c(c2)C2(c4ccccc4Oc4ccc5ccccc5c42)c2ccccc2-3)c2cccc3c2oc2ccccc23)cc1. The molecular formula is C47H29NO2. The summed E-state index contributed by atoms with van der Waals surface area (Å²) in [4.78, 5) is 2.34. The van der Waals surface area contributed by atoms with Crippen LogP contribution in [-0.4, -0.2) is 0 Å². The summed E-state index contributed by atoms with van der Waals surface area (Å²) >= 11 is 0. The van der Waals surface area contributed by atoms with Gasteiger partial charge in [-0.3, -0.25) is 0 Å². The van der Waals surface area contributed by atoms with Crippen molar-refractivity contribution in [2.45, 2.75) is 5.41 Å². The van der Waals surface area contributed by atoms with Crippen molar-refractivity contribution in [2.75, 3.05) is 4.90 Å². The highest BCUT2D eigenvalue weighted by atomic mass is 16.5. The predicted octanol–water partition coefficient (Wildman–Crippen LogP) is 12.7. The molecule has 3 nitrogen and oxygen atoms in total. The molecule has 1 aliphatic carbocycles. The number of nitrogens with zero attached hydrogens (tertiary/aromatic N) is 1. The molecule has 9 aromatic rings. The van der Waals surface area contributed by atoms with Gasteiger partial charge < -0.3 is 14.1 Å². The topological polar surface area (TPSA) is 25.6 Å². The van der Waals surface area contributed by atoms with Gasteiger partial charge in [-0.15, -0.1) is 0 Å². The van der Waals surface area contributed by atoms with Crippen molar-refractivity contribution in [1.29, 1.82) is 0 Å². The molecule has 1 aliphatic heterocycles. The van der Waals surface area contributed by atoms with Crippen molar-refractivity contribution in [3.05, 3.63) is 198 Å². The third-order valence-electron chi connectivity index (χ3n) is 10.7. The van der Waals surface area contributed by atoms with Gasteiger partial charge in [0.05, 0.1) is 11.1 Å². The molecule has 1 atom stereocenters. The van der Waals surface area contributed by atoms with E-state index in [9.17, 15) is 0 Å². The highest BCUT2D eigenvalue weighted by molar-refractivity contribution is 6.10. The highest BCUT2D eigenvalue weighted by Crippen LogP contribution is 2.64. The molecule has 0 fully saturated rings. The van der Waals surface area contributed by atoms with E-state index in [1.54, 1.807) is 0 Å². The second kappa shape index (κ2) is 10.2. The molecule has 0 N–H and O–H groups in total. The van der Waals surface area contributed by atoms with Crippen molar-refractivity contribution in [3.8, 4) is 22.6 Å². The second-order valence-electron chi connectivity index (χ2n) is 13.2. The Morgan fingerprint density at radius 3 is 2.08 bits per heavy atom. The molecule has 0 saturated carbocycles. The van der Waals surface area contributed by atoms with Crippen LogP contribution in [0.25, 0.3) is 43.8 Å². The minimum atomic E-state index is -0.610. The number of fused-ring (bicyclic) bond motifs is 14. The zero-order valence-electron chi connectivity index (χ0n) is 27.0. The molecule has 1 spiro atoms. The van der Waals surface area contributed by atoms with Crippen LogP contribution in [0.1, 0.15) is 22.3 Å². The van der Waals surface area contributed by atoms with E-state index in [1.807, 2.05) is 12.1 Å². The lowest BCUT2D eigenvalue weighted by atomic mass is 9.65. The Hall–Kier alpha value is -6.58. The van der Waals surface area contributed by atoms with E-state index < -0.39 is 5.41 Å². The van der Waals surface area contributed by atoms with Crippen LogP contribution in [0.3, 0.4) is 0 Å². The van der Waals surface area contributed by atoms with Crippen LogP contribution in [0, 0.1) is 0 Å². The minimum absolute atomic E-state index is 0.610. The van der Waals surface area contributed by atoms with Gasteiger partial charge in [-0.2, -0.15) is 0 Å². The highest BCUT2D eigenvalue weighted by Gasteiger charge is 2.52. The quantitative estimate of drug-likeness (QED) is 0.192. The molecular weight excluding hydrogens is 611 g/mol. The monoisotopic (exact) mass is 639 g/mol. The third kappa shape index (κ3) is 3.58. The zero-order valence-corrected chi connectivity index (χ0v) is 27.0. The molecule has 234 valence electrons. The molecule has 2 aliphatic rings. The zero-order chi connectivity index (χ0) is 32.8. The molecule has 8 aromatic carbocycles. The molecule has 0 radical (unpaired) electrons. The molecule has 0 bridgehead atoms. The smallest absolute Gasteiger partial charge is 0.159 e. The van der Waals surface area contributed by atoms with Crippen molar-refractivity contribution in [2.24, 2.45) is 0 Å². The van der Waals surface area contributed by atoms with Crippen LogP contribution in [0.5, 0.6) is 11.5 Å². The van der Waals surface area contributed by atoms with Crippen LogP contribution in [0.4, 0.5) is 17.1 Å². The Bertz CT molecular complexity index is 2810. The van der Waals surface area contributed by atoms with Crippen LogP contribution in [0.15, 0.2) is 180 Å². The van der Waals surface area contributed by atoms with E-state index in [-0.39, 0.29) is 0 Å². The van der Waals surface area contributed by atoms with E-state index in [0.29, 0.717) is 0 Å². The van der Waals surface area contributed by atoms with Crippen molar-refractivity contribution in [3.63, 3.8) is 0 Å². The number of para-hydroxylation sites is 4. The number of ether oxygens (including phenoxy) is 1. The van der Waals surface area contributed by atoms with Crippen LogP contribution in [-0.2, 0) is 5.41 Å². The molecule has 11 rings (SSSR count). The lowest BCUT2D eigenvalue weighted by Crippen LogP contribution is -2.32. The van der Waals surface area contributed by atoms with Gasteiger partial charge in [-0.05, 0) is 81.6 Å². The fraction of sp³-hybridized carbons (Fsp3) is 0.0213. The number of furan rings is 1.